The van der Waals surface area contributed by atoms with Crippen LogP contribution >= 0.6 is 0 Å². The van der Waals surface area contributed by atoms with Gasteiger partial charge in [-0.15, -0.1) is 0 Å². The van der Waals surface area contributed by atoms with Crippen LogP contribution in [0.5, 0.6) is 0 Å². The summed E-state index contributed by atoms with van der Waals surface area (Å²) in [4.78, 5) is 8.45. The molecule has 6 nitrogen and oxygen atoms in total. The van der Waals surface area contributed by atoms with E-state index in [0.717, 1.165) is 11.4 Å². The molecule has 0 atom stereocenters. The summed E-state index contributed by atoms with van der Waals surface area (Å²) in [5.74, 6) is 1.85. The Bertz CT molecular complexity index is 516. The van der Waals surface area contributed by atoms with E-state index >= 15 is 0 Å². The molecule has 0 spiro atoms. The summed E-state index contributed by atoms with van der Waals surface area (Å²) in [6.07, 6.45) is 3.03. The van der Waals surface area contributed by atoms with Crippen LogP contribution in [0.25, 0.3) is 0 Å². The lowest BCUT2D eigenvalue weighted by Gasteiger charge is -2.24. The van der Waals surface area contributed by atoms with E-state index in [1.165, 1.54) is 0 Å². The molecule has 2 N–H and O–H groups in total. The lowest BCUT2D eigenvalue weighted by atomic mass is 10.1. The number of rotatable bonds is 3. The van der Waals surface area contributed by atoms with E-state index in [4.69, 9.17) is 0 Å². The van der Waals surface area contributed by atoms with Crippen molar-refractivity contribution in [3.05, 3.63) is 11.8 Å². The minimum absolute atomic E-state index is 0.173. The molecular weight excluding hydrogens is 252 g/mol. The minimum atomic E-state index is -2.82. The Kier molecular flexibility index (Phi) is 3.70. The number of nitrogens with zero attached hydrogens (tertiary/aromatic N) is 2. The van der Waals surface area contributed by atoms with Gasteiger partial charge in [0.1, 0.15) is 15.7 Å². The van der Waals surface area contributed by atoms with Gasteiger partial charge in [-0.25, -0.2) is 13.4 Å². The Morgan fingerprint density at radius 2 is 2.00 bits per heavy atom. The molecule has 1 aliphatic heterocycles. The highest BCUT2D eigenvalue weighted by molar-refractivity contribution is 7.91. The van der Waals surface area contributed by atoms with Crippen LogP contribution < -0.4 is 10.6 Å². The van der Waals surface area contributed by atoms with Crippen LogP contribution in [0.4, 0.5) is 11.8 Å². The molecule has 0 unspecified atom stereocenters. The third-order valence-electron chi connectivity index (χ3n) is 3.09. The van der Waals surface area contributed by atoms with Gasteiger partial charge in [0.05, 0.1) is 11.5 Å². The van der Waals surface area contributed by atoms with E-state index in [0.29, 0.717) is 18.8 Å². The third kappa shape index (κ3) is 3.10. The van der Waals surface area contributed by atoms with E-state index in [9.17, 15) is 8.42 Å². The smallest absolute Gasteiger partial charge is 0.224 e. The van der Waals surface area contributed by atoms with Crippen molar-refractivity contribution in [1.82, 2.24) is 9.97 Å². The molecule has 100 valence electrons. The van der Waals surface area contributed by atoms with Crippen LogP contribution in [0.3, 0.4) is 0 Å². The number of aromatic nitrogens is 2. The van der Waals surface area contributed by atoms with Crippen molar-refractivity contribution in [3.63, 3.8) is 0 Å². The lowest BCUT2D eigenvalue weighted by Crippen LogP contribution is -2.32. The lowest BCUT2D eigenvalue weighted by molar-refractivity contribution is 0.559. The molecule has 0 amide bonds. The van der Waals surface area contributed by atoms with Gasteiger partial charge in [-0.1, -0.05) is 0 Å². The van der Waals surface area contributed by atoms with Gasteiger partial charge in [0.15, 0.2) is 0 Å². The van der Waals surface area contributed by atoms with Crippen LogP contribution in [0.2, 0.25) is 0 Å². The first-order valence-electron chi connectivity index (χ1n) is 5.98. The molecule has 7 heteroatoms. The number of anilines is 2. The van der Waals surface area contributed by atoms with Crippen molar-refractivity contribution in [2.45, 2.75) is 25.8 Å². The van der Waals surface area contributed by atoms with Gasteiger partial charge < -0.3 is 10.6 Å². The Hall–Kier alpha value is -1.37. The normalized spacial score (nSPS) is 19.4. The monoisotopic (exact) mass is 270 g/mol. The van der Waals surface area contributed by atoms with E-state index < -0.39 is 9.84 Å². The third-order valence-corrected chi connectivity index (χ3v) is 4.81. The average Bonchev–Trinajstić information content (AvgIpc) is 2.34. The highest BCUT2D eigenvalue weighted by Crippen LogP contribution is 2.19. The van der Waals surface area contributed by atoms with Crippen molar-refractivity contribution < 1.29 is 8.42 Å². The predicted octanol–water partition coefficient (Wildman–Crippen LogP) is 0.816. The molecule has 0 saturated carbocycles. The van der Waals surface area contributed by atoms with Crippen molar-refractivity contribution in [1.29, 1.82) is 0 Å². The minimum Gasteiger partial charge on any atom is -0.367 e. The molecule has 1 saturated heterocycles. The van der Waals surface area contributed by atoms with E-state index in [-0.39, 0.29) is 17.5 Å². The SMILES string of the molecule is CNc1ncc(C)c(NC2CCS(=O)(=O)CC2)n1. The summed E-state index contributed by atoms with van der Waals surface area (Å²) in [6.45, 7) is 1.93. The van der Waals surface area contributed by atoms with Crippen molar-refractivity contribution in [3.8, 4) is 0 Å². The van der Waals surface area contributed by atoms with E-state index in [2.05, 4.69) is 20.6 Å². The van der Waals surface area contributed by atoms with Gasteiger partial charge in [0.2, 0.25) is 5.95 Å². The first-order valence-corrected chi connectivity index (χ1v) is 7.80. The molecule has 0 bridgehead atoms. The summed E-state index contributed by atoms with van der Waals surface area (Å²) >= 11 is 0. The summed E-state index contributed by atoms with van der Waals surface area (Å²) in [7, 11) is -1.05. The van der Waals surface area contributed by atoms with Gasteiger partial charge in [-0.3, -0.25) is 0 Å². The number of hydrogen-bond donors (Lipinski definition) is 2. The Balaban J connectivity index is 2.06. The number of aryl methyl sites for hydroxylation is 1. The largest absolute Gasteiger partial charge is 0.367 e. The second-order valence-corrected chi connectivity index (χ2v) is 6.85. The van der Waals surface area contributed by atoms with E-state index in [1.807, 2.05) is 6.92 Å². The fraction of sp³-hybridized carbons (Fsp3) is 0.636. The van der Waals surface area contributed by atoms with Crippen molar-refractivity contribution >= 4 is 21.6 Å². The summed E-state index contributed by atoms with van der Waals surface area (Å²) in [6, 6.07) is 0.173. The average molecular weight is 270 g/mol. The predicted molar refractivity (Wildman–Crippen MR) is 71.6 cm³/mol. The molecule has 0 radical (unpaired) electrons. The Morgan fingerprint density at radius 3 is 2.61 bits per heavy atom. The fourth-order valence-corrected chi connectivity index (χ4v) is 3.43. The Morgan fingerprint density at radius 1 is 1.33 bits per heavy atom. The highest BCUT2D eigenvalue weighted by atomic mass is 32.2. The van der Waals surface area contributed by atoms with Crippen LogP contribution in [0, 0.1) is 6.92 Å². The first-order chi connectivity index (χ1) is 8.50. The van der Waals surface area contributed by atoms with Crippen molar-refractivity contribution in [2.24, 2.45) is 0 Å². The highest BCUT2D eigenvalue weighted by Gasteiger charge is 2.24. The molecule has 1 aromatic rings. The maximum atomic E-state index is 11.4. The molecule has 1 aromatic heterocycles. The quantitative estimate of drug-likeness (QED) is 0.846. The van der Waals surface area contributed by atoms with Crippen LogP contribution in [0.1, 0.15) is 18.4 Å². The number of sulfone groups is 1. The molecular formula is C11H18N4O2S. The standard InChI is InChI=1S/C11H18N4O2S/c1-8-7-13-11(12-2)15-10(8)14-9-3-5-18(16,17)6-4-9/h7,9H,3-6H2,1-2H3,(H2,12,13,14,15). The van der Waals surface area contributed by atoms with Crippen molar-refractivity contribution in [2.75, 3.05) is 29.2 Å². The molecule has 2 heterocycles. The number of hydrogen-bond acceptors (Lipinski definition) is 6. The topological polar surface area (TPSA) is 84.0 Å². The molecule has 0 aromatic carbocycles. The summed E-state index contributed by atoms with van der Waals surface area (Å²) in [5, 5.41) is 6.19. The first kappa shape index (κ1) is 13.1. The second kappa shape index (κ2) is 5.09. The van der Waals surface area contributed by atoms with Crippen LogP contribution in [-0.2, 0) is 9.84 Å². The summed E-state index contributed by atoms with van der Waals surface area (Å²) < 4.78 is 22.7. The molecule has 1 fully saturated rings. The molecule has 2 rings (SSSR count). The zero-order valence-corrected chi connectivity index (χ0v) is 11.4. The zero-order valence-electron chi connectivity index (χ0n) is 10.6. The molecule has 18 heavy (non-hydrogen) atoms. The second-order valence-electron chi connectivity index (χ2n) is 4.55. The van der Waals surface area contributed by atoms with Gasteiger partial charge in [0.25, 0.3) is 0 Å². The van der Waals surface area contributed by atoms with Gasteiger partial charge in [-0.05, 0) is 19.8 Å². The van der Waals surface area contributed by atoms with Gasteiger partial charge in [-0.2, -0.15) is 4.98 Å². The zero-order chi connectivity index (χ0) is 13.2. The maximum absolute atomic E-state index is 11.4. The fourth-order valence-electron chi connectivity index (χ4n) is 1.94. The Labute approximate surface area is 107 Å². The van der Waals surface area contributed by atoms with Crippen LogP contribution in [0.15, 0.2) is 6.20 Å². The molecule has 1 aliphatic rings. The van der Waals surface area contributed by atoms with Crippen LogP contribution in [-0.4, -0.2) is 43.0 Å². The van der Waals surface area contributed by atoms with Gasteiger partial charge in [0, 0.05) is 24.8 Å². The maximum Gasteiger partial charge on any atom is 0.224 e. The molecule has 0 aliphatic carbocycles. The number of nitrogens with one attached hydrogen (secondary N) is 2. The van der Waals surface area contributed by atoms with E-state index in [1.54, 1.807) is 13.2 Å². The van der Waals surface area contributed by atoms with Gasteiger partial charge >= 0.3 is 0 Å². The summed E-state index contributed by atoms with van der Waals surface area (Å²) in [5.41, 5.74) is 0.961.